The standard InChI is InChI=1S/C33H37ClN2O6/c1-32(2)15-24-30(26(37)17-32)29(31-25(35(24)11-12-41-5)16-33(3,4)18-27(31)38)21-9-10-28(23(34)14-21)42-19-20-7-6-8-22(13-20)36(39)40/h6-10,13-14,29H,11-12,15-19H2,1-5H3. The summed E-state index contributed by atoms with van der Waals surface area (Å²) < 4.78 is 11.4. The summed E-state index contributed by atoms with van der Waals surface area (Å²) in [6.07, 6.45) is 2.25. The van der Waals surface area contributed by atoms with Crippen LogP contribution in [0.4, 0.5) is 5.69 Å². The van der Waals surface area contributed by atoms with E-state index in [1.54, 1.807) is 31.4 Å². The number of ketones is 2. The molecule has 0 unspecified atom stereocenters. The van der Waals surface area contributed by atoms with Crippen LogP contribution in [0.5, 0.6) is 5.75 Å². The lowest BCUT2D eigenvalue weighted by atomic mass is 9.63. The minimum atomic E-state index is -0.510. The fraction of sp³-hybridized carbons (Fsp3) is 0.455. The van der Waals surface area contributed by atoms with E-state index in [4.69, 9.17) is 21.1 Å². The molecule has 0 aromatic heterocycles. The second-order valence-electron chi connectivity index (χ2n) is 13.1. The molecule has 0 N–H and O–H groups in total. The minimum absolute atomic E-state index is 0.0109. The van der Waals surface area contributed by atoms with E-state index in [1.165, 1.54) is 12.1 Å². The fourth-order valence-corrected chi connectivity index (χ4v) is 6.81. The molecule has 9 heteroatoms. The normalized spacial score (nSPS) is 20.0. The molecule has 0 fully saturated rings. The molecular formula is C33H37ClN2O6. The van der Waals surface area contributed by atoms with Crippen LogP contribution < -0.4 is 4.74 Å². The summed E-state index contributed by atoms with van der Waals surface area (Å²) in [6.45, 7) is 9.60. The maximum absolute atomic E-state index is 13.9. The number of benzene rings is 2. The zero-order valence-electron chi connectivity index (χ0n) is 24.8. The summed E-state index contributed by atoms with van der Waals surface area (Å²) in [6, 6.07) is 11.7. The van der Waals surface area contributed by atoms with Crippen LogP contribution >= 0.6 is 11.6 Å². The molecule has 0 atom stereocenters. The summed E-state index contributed by atoms with van der Waals surface area (Å²) in [7, 11) is 1.66. The maximum Gasteiger partial charge on any atom is 0.269 e. The van der Waals surface area contributed by atoms with Gasteiger partial charge in [-0.3, -0.25) is 19.7 Å². The van der Waals surface area contributed by atoms with Crippen LogP contribution in [0.15, 0.2) is 65.0 Å². The quantitative estimate of drug-likeness (QED) is 0.237. The number of non-ortho nitro benzene ring substituents is 1. The van der Waals surface area contributed by atoms with Crippen molar-refractivity contribution in [2.75, 3.05) is 20.3 Å². The largest absolute Gasteiger partial charge is 0.487 e. The highest BCUT2D eigenvalue weighted by Crippen LogP contribution is 2.54. The Balaban J connectivity index is 1.56. The third kappa shape index (κ3) is 5.88. The maximum atomic E-state index is 13.9. The van der Waals surface area contributed by atoms with Crippen LogP contribution in [0.2, 0.25) is 5.02 Å². The first-order valence-electron chi connectivity index (χ1n) is 14.2. The first kappa shape index (κ1) is 30.0. The van der Waals surface area contributed by atoms with Crippen molar-refractivity contribution in [3.63, 3.8) is 0 Å². The van der Waals surface area contributed by atoms with Crippen LogP contribution in [-0.2, 0) is 20.9 Å². The number of allylic oxidation sites excluding steroid dienone is 4. The molecule has 0 saturated heterocycles. The van der Waals surface area contributed by atoms with Gasteiger partial charge in [-0.2, -0.15) is 0 Å². The Morgan fingerprint density at radius 1 is 0.952 bits per heavy atom. The van der Waals surface area contributed by atoms with E-state index in [0.717, 1.165) is 29.8 Å². The van der Waals surface area contributed by atoms with Crippen molar-refractivity contribution in [1.82, 2.24) is 4.90 Å². The Kier molecular flexibility index (Phi) is 8.07. The number of Topliss-reactive ketones (excluding diaryl/α,β-unsaturated/α-hetero) is 2. The van der Waals surface area contributed by atoms with E-state index in [-0.39, 0.29) is 34.7 Å². The van der Waals surface area contributed by atoms with Crippen molar-refractivity contribution < 1.29 is 24.0 Å². The van der Waals surface area contributed by atoms with Crippen molar-refractivity contribution in [3.05, 3.63) is 91.3 Å². The molecular weight excluding hydrogens is 556 g/mol. The number of methoxy groups -OCH3 is 1. The molecule has 0 saturated carbocycles. The van der Waals surface area contributed by atoms with E-state index in [1.807, 2.05) is 6.07 Å². The topological polar surface area (TPSA) is 99.0 Å². The molecule has 222 valence electrons. The minimum Gasteiger partial charge on any atom is -0.487 e. The average Bonchev–Trinajstić information content (AvgIpc) is 2.89. The molecule has 0 spiro atoms. The highest BCUT2D eigenvalue weighted by Gasteiger charge is 2.48. The van der Waals surface area contributed by atoms with Gasteiger partial charge in [-0.25, -0.2) is 0 Å². The van der Waals surface area contributed by atoms with Gasteiger partial charge in [-0.15, -0.1) is 0 Å². The van der Waals surface area contributed by atoms with E-state index in [2.05, 4.69) is 32.6 Å². The Hall–Kier alpha value is -3.49. The van der Waals surface area contributed by atoms with Crippen molar-refractivity contribution in [3.8, 4) is 5.75 Å². The summed E-state index contributed by atoms with van der Waals surface area (Å²) >= 11 is 6.75. The SMILES string of the molecule is COCCN1C2=C(C(=O)CC(C)(C)C2)C(c2ccc(OCc3cccc([N+](=O)[O-])c3)c(Cl)c2)C2=C1CC(C)(C)CC2=O. The lowest BCUT2D eigenvalue weighted by Crippen LogP contribution is -2.45. The van der Waals surface area contributed by atoms with E-state index in [9.17, 15) is 19.7 Å². The second-order valence-corrected chi connectivity index (χ2v) is 13.5. The number of nitro groups is 1. The monoisotopic (exact) mass is 592 g/mol. The molecule has 2 aliphatic carbocycles. The summed E-state index contributed by atoms with van der Waals surface area (Å²) in [5.41, 5.74) is 4.30. The third-order valence-electron chi connectivity index (χ3n) is 8.35. The van der Waals surface area contributed by atoms with Crippen LogP contribution in [0.3, 0.4) is 0 Å². The molecule has 0 radical (unpaired) electrons. The molecule has 0 bridgehead atoms. The number of rotatable bonds is 8. The van der Waals surface area contributed by atoms with Crippen LogP contribution in [-0.4, -0.2) is 41.7 Å². The van der Waals surface area contributed by atoms with Gasteiger partial charge in [-0.1, -0.05) is 57.5 Å². The smallest absolute Gasteiger partial charge is 0.269 e. The molecule has 0 amide bonds. The van der Waals surface area contributed by atoms with E-state index in [0.29, 0.717) is 53.5 Å². The van der Waals surface area contributed by atoms with Crippen molar-refractivity contribution in [1.29, 1.82) is 0 Å². The van der Waals surface area contributed by atoms with Gasteiger partial charge in [0.1, 0.15) is 12.4 Å². The van der Waals surface area contributed by atoms with Gasteiger partial charge in [0.25, 0.3) is 5.69 Å². The third-order valence-corrected chi connectivity index (χ3v) is 8.64. The van der Waals surface area contributed by atoms with Crippen LogP contribution in [0.1, 0.15) is 70.4 Å². The Morgan fingerprint density at radius 3 is 2.12 bits per heavy atom. The lowest BCUT2D eigenvalue weighted by Gasteiger charge is -2.49. The molecule has 2 aromatic carbocycles. The number of carbonyl (C=O) groups is 2. The van der Waals surface area contributed by atoms with Gasteiger partial charge < -0.3 is 14.4 Å². The zero-order chi connectivity index (χ0) is 30.4. The van der Waals surface area contributed by atoms with Crippen LogP contribution in [0, 0.1) is 20.9 Å². The highest BCUT2D eigenvalue weighted by molar-refractivity contribution is 6.32. The van der Waals surface area contributed by atoms with Crippen LogP contribution in [0.25, 0.3) is 0 Å². The average molecular weight is 593 g/mol. The number of hydrogen-bond donors (Lipinski definition) is 0. The van der Waals surface area contributed by atoms with Crippen molar-refractivity contribution >= 4 is 28.9 Å². The summed E-state index contributed by atoms with van der Waals surface area (Å²) in [4.78, 5) is 40.7. The van der Waals surface area contributed by atoms with Gasteiger partial charge in [0.2, 0.25) is 0 Å². The van der Waals surface area contributed by atoms with E-state index < -0.39 is 10.8 Å². The number of ether oxygens (including phenoxy) is 2. The summed E-state index contributed by atoms with van der Waals surface area (Å²) in [5, 5.41) is 11.5. The van der Waals surface area contributed by atoms with Gasteiger partial charge in [0, 0.05) is 67.1 Å². The predicted octanol–water partition coefficient (Wildman–Crippen LogP) is 7.16. The Bertz CT molecular complexity index is 1470. The van der Waals surface area contributed by atoms with Gasteiger partial charge in [0.05, 0.1) is 16.6 Å². The predicted molar refractivity (Wildman–Crippen MR) is 160 cm³/mol. The van der Waals surface area contributed by atoms with Crippen molar-refractivity contribution in [2.24, 2.45) is 10.8 Å². The Labute approximate surface area is 251 Å². The lowest BCUT2D eigenvalue weighted by molar-refractivity contribution is -0.384. The van der Waals surface area contributed by atoms with Gasteiger partial charge in [-0.05, 0) is 46.9 Å². The zero-order valence-corrected chi connectivity index (χ0v) is 25.5. The number of halogens is 1. The number of nitro benzene ring substituents is 1. The Morgan fingerprint density at radius 2 is 1.57 bits per heavy atom. The molecule has 8 nitrogen and oxygen atoms in total. The molecule has 1 aliphatic heterocycles. The first-order chi connectivity index (χ1) is 19.8. The first-order valence-corrected chi connectivity index (χ1v) is 14.6. The highest BCUT2D eigenvalue weighted by atomic mass is 35.5. The molecule has 3 aliphatic rings. The number of hydrogen-bond acceptors (Lipinski definition) is 7. The second kappa shape index (κ2) is 11.3. The number of carbonyl (C=O) groups excluding carboxylic acids is 2. The molecule has 5 rings (SSSR count). The number of nitrogens with zero attached hydrogens (tertiary/aromatic N) is 2. The van der Waals surface area contributed by atoms with Crippen molar-refractivity contribution in [2.45, 2.75) is 65.9 Å². The fourth-order valence-electron chi connectivity index (χ4n) is 6.57. The molecule has 42 heavy (non-hydrogen) atoms. The summed E-state index contributed by atoms with van der Waals surface area (Å²) in [5.74, 6) is 0.0179. The van der Waals surface area contributed by atoms with Gasteiger partial charge >= 0.3 is 0 Å². The molecule has 1 heterocycles. The van der Waals surface area contributed by atoms with E-state index >= 15 is 0 Å². The van der Waals surface area contributed by atoms with Gasteiger partial charge in [0.15, 0.2) is 11.6 Å². The molecule has 2 aromatic rings.